The first-order chi connectivity index (χ1) is 14.5. The maximum absolute atomic E-state index is 13.0. The van der Waals surface area contributed by atoms with Crippen molar-refractivity contribution in [1.29, 1.82) is 0 Å². The SMILES string of the molecule is O=c1oc2ccccc2cc1/C(CS(=O)(=O)c1ccccc1)=N/Nc1ccccc1. The van der Waals surface area contributed by atoms with Crippen molar-refractivity contribution in [3.8, 4) is 0 Å². The van der Waals surface area contributed by atoms with Gasteiger partial charge in [-0.2, -0.15) is 5.10 Å². The van der Waals surface area contributed by atoms with Crippen LogP contribution < -0.4 is 11.1 Å². The van der Waals surface area contributed by atoms with Gasteiger partial charge >= 0.3 is 5.63 Å². The molecule has 150 valence electrons. The van der Waals surface area contributed by atoms with E-state index in [1.807, 2.05) is 24.3 Å². The Balaban J connectivity index is 1.80. The first-order valence-electron chi connectivity index (χ1n) is 9.22. The van der Waals surface area contributed by atoms with E-state index in [-0.39, 0.29) is 16.2 Å². The van der Waals surface area contributed by atoms with E-state index in [0.29, 0.717) is 16.7 Å². The van der Waals surface area contributed by atoms with E-state index in [4.69, 9.17) is 4.42 Å². The summed E-state index contributed by atoms with van der Waals surface area (Å²) in [5, 5.41) is 4.95. The Morgan fingerprint density at radius 3 is 2.23 bits per heavy atom. The molecule has 3 aromatic carbocycles. The van der Waals surface area contributed by atoms with Gasteiger partial charge < -0.3 is 4.42 Å². The van der Waals surface area contributed by atoms with E-state index in [2.05, 4.69) is 10.5 Å². The van der Waals surface area contributed by atoms with Gasteiger partial charge in [-0.1, -0.05) is 54.6 Å². The predicted molar refractivity (Wildman–Crippen MR) is 118 cm³/mol. The standard InChI is InChI=1S/C23H18N2O4S/c26-23-20(15-17-9-7-8-14-22(17)29-23)21(25-24-18-10-3-1-4-11-18)16-30(27,28)19-12-5-2-6-13-19/h1-15,24H,16H2/b25-21+. The minimum atomic E-state index is -3.73. The lowest BCUT2D eigenvalue weighted by atomic mass is 10.1. The molecule has 6 nitrogen and oxygen atoms in total. The summed E-state index contributed by atoms with van der Waals surface area (Å²) in [5.74, 6) is -0.458. The van der Waals surface area contributed by atoms with Crippen LogP contribution in [0.5, 0.6) is 0 Å². The molecule has 0 atom stereocenters. The predicted octanol–water partition coefficient (Wildman–Crippen LogP) is 4.08. The largest absolute Gasteiger partial charge is 0.422 e. The highest BCUT2D eigenvalue weighted by molar-refractivity contribution is 7.92. The number of nitrogens with one attached hydrogen (secondary N) is 1. The summed E-state index contributed by atoms with van der Waals surface area (Å²) in [7, 11) is -3.73. The number of hydrogen-bond acceptors (Lipinski definition) is 6. The Bertz CT molecular complexity index is 1360. The summed E-state index contributed by atoms with van der Waals surface area (Å²) in [4.78, 5) is 12.8. The van der Waals surface area contributed by atoms with Crippen LogP contribution in [0.15, 0.2) is 110 Å². The molecule has 0 unspecified atom stereocenters. The number of fused-ring (bicyclic) bond motifs is 1. The summed E-state index contributed by atoms with van der Waals surface area (Å²) in [6.45, 7) is 0. The van der Waals surface area contributed by atoms with E-state index < -0.39 is 21.2 Å². The van der Waals surface area contributed by atoms with Gasteiger partial charge in [0.1, 0.15) is 5.58 Å². The maximum atomic E-state index is 13.0. The molecule has 1 aromatic heterocycles. The summed E-state index contributed by atoms with van der Waals surface area (Å²) in [6.07, 6.45) is 0. The van der Waals surface area contributed by atoms with E-state index in [9.17, 15) is 13.2 Å². The highest BCUT2D eigenvalue weighted by Gasteiger charge is 2.22. The molecule has 0 aliphatic rings. The lowest BCUT2D eigenvalue weighted by Crippen LogP contribution is -2.24. The monoisotopic (exact) mass is 418 g/mol. The number of rotatable bonds is 6. The van der Waals surface area contributed by atoms with Crippen LogP contribution in [-0.2, 0) is 9.84 Å². The van der Waals surface area contributed by atoms with Crippen LogP contribution >= 0.6 is 0 Å². The molecule has 0 radical (unpaired) electrons. The molecular formula is C23H18N2O4S. The van der Waals surface area contributed by atoms with Gasteiger partial charge in [-0.15, -0.1) is 0 Å². The van der Waals surface area contributed by atoms with Gasteiger partial charge in [-0.3, -0.25) is 5.43 Å². The van der Waals surface area contributed by atoms with Crippen molar-refractivity contribution in [1.82, 2.24) is 0 Å². The quantitative estimate of drug-likeness (QED) is 0.290. The third-order valence-corrected chi connectivity index (χ3v) is 6.12. The Morgan fingerprint density at radius 1 is 0.867 bits per heavy atom. The molecule has 0 amide bonds. The third-order valence-electron chi connectivity index (χ3n) is 4.48. The molecule has 0 saturated carbocycles. The highest BCUT2D eigenvalue weighted by Crippen LogP contribution is 2.17. The fourth-order valence-electron chi connectivity index (χ4n) is 2.97. The normalized spacial score (nSPS) is 12.1. The van der Waals surface area contributed by atoms with Gasteiger partial charge in [-0.05, 0) is 36.4 Å². The van der Waals surface area contributed by atoms with Crippen LogP contribution in [0.4, 0.5) is 5.69 Å². The number of para-hydroxylation sites is 2. The van der Waals surface area contributed by atoms with Crippen molar-refractivity contribution in [2.24, 2.45) is 5.10 Å². The number of hydrogen-bond donors (Lipinski definition) is 1. The van der Waals surface area contributed by atoms with Crippen LogP contribution in [-0.4, -0.2) is 19.9 Å². The summed E-state index contributed by atoms with van der Waals surface area (Å²) in [5.41, 5.74) is 3.44. The fraction of sp³-hybridized carbons (Fsp3) is 0.0435. The molecule has 0 saturated heterocycles. The maximum Gasteiger partial charge on any atom is 0.345 e. The molecule has 0 spiro atoms. The highest BCUT2D eigenvalue weighted by atomic mass is 32.2. The first-order valence-corrected chi connectivity index (χ1v) is 10.9. The number of nitrogens with zero attached hydrogens (tertiary/aromatic N) is 1. The fourth-order valence-corrected chi connectivity index (χ4v) is 4.29. The average Bonchev–Trinajstić information content (AvgIpc) is 2.77. The molecule has 0 fully saturated rings. The summed E-state index contributed by atoms with van der Waals surface area (Å²) < 4.78 is 31.3. The van der Waals surface area contributed by atoms with Gasteiger partial charge in [0.25, 0.3) is 0 Å². The molecular weight excluding hydrogens is 400 g/mol. The summed E-state index contributed by atoms with van der Waals surface area (Å²) in [6, 6.07) is 25.8. The third kappa shape index (κ3) is 4.31. The zero-order valence-electron chi connectivity index (χ0n) is 15.9. The van der Waals surface area contributed by atoms with E-state index >= 15 is 0 Å². The van der Waals surface area contributed by atoms with Gasteiger partial charge in [0.05, 0.1) is 27.6 Å². The zero-order valence-corrected chi connectivity index (χ0v) is 16.7. The Kier molecular flexibility index (Phi) is 5.45. The number of sulfone groups is 1. The molecule has 0 aliphatic carbocycles. The Morgan fingerprint density at radius 2 is 1.50 bits per heavy atom. The second-order valence-corrected chi connectivity index (χ2v) is 8.58. The van der Waals surface area contributed by atoms with Crippen molar-refractivity contribution >= 4 is 32.2 Å². The first kappa shape index (κ1) is 19.6. The number of benzene rings is 3. The van der Waals surface area contributed by atoms with Crippen LogP contribution in [0.25, 0.3) is 11.0 Å². The second kappa shape index (κ2) is 8.34. The lowest BCUT2D eigenvalue weighted by molar-refractivity contribution is 0.559. The second-order valence-electron chi connectivity index (χ2n) is 6.59. The Labute approximate surface area is 173 Å². The molecule has 0 bridgehead atoms. The van der Waals surface area contributed by atoms with Crippen molar-refractivity contribution in [3.63, 3.8) is 0 Å². The molecule has 4 aromatic rings. The number of anilines is 1. The van der Waals surface area contributed by atoms with Gasteiger partial charge in [-0.25, -0.2) is 13.2 Å². The van der Waals surface area contributed by atoms with E-state index in [0.717, 1.165) is 0 Å². The molecule has 0 aliphatic heterocycles. The van der Waals surface area contributed by atoms with Crippen molar-refractivity contribution in [3.05, 3.63) is 107 Å². The van der Waals surface area contributed by atoms with E-state index in [1.165, 1.54) is 12.1 Å². The average molecular weight is 418 g/mol. The van der Waals surface area contributed by atoms with Crippen molar-refractivity contribution < 1.29 is 12.8 Å². The minimum Gasteiger partial charge on any atom is -0.422 e. The minimum absolute atomic E-state index is 0.0715. The zero-order chi connectivity index (χ0) is 21.0. The van der Waals surface area contributed by atoms with Gasteiger partial charge in [0.15, 0.2) is 9.84 Å². The van der Waals surface area contributed by atoms with Gasteiger partial charge in [0.2, 0.25) is 0 Å². The molecule has 30 heavy (non-hydrogen) atoms. The lowest BCUT2D eigenvalue weighted by Gasteiger charge is -2.09. The van der Waals surface area contributed by atoms with Crippen LogP contribution in [0.3, 0.4) is 0 Å². The van der Waals surface area contributed by atoms with Crippen molar-refractivity contribution in [2.45, 2.75) is 4.90 Å². The number of hydrazone groups is 1. The molecule has 1 N–H and O–H groups in total. The topological polar surface area (TPSA) is 88.7 Å². The van der Waals surface area contributed by atoms with Crippen molar-refractivity contribution in [2.75, 3.05) is 11.2 Å². The van der Waals surface area contributed by atoms with Crippen LogP contribution in [0, 0.1) is 0 Å². The summed E-state index contributed by atoms with van der Waals surface area (Å²) >= 11 is 0. The van der Waals surface area contributed by atoms with Crippen LogP contribution in [0.2, 0.25) is 0 Å². The van der Waals surface area contributed by atoms with Gasteiger partial charge in [0, 0.05) is 5.39 Å². The molecule has 4 rings (SSSR count). The smallest absolute Gasteiger partial charge is 0.345 e. The Hall–Kier alpha value is -3.71. The van der Waals surface area contributed by atoms with E-state index in [1.54, 1.807) is 54.6 Å². The molecule has 7 heteroatoms. The van der Waals surface area contributed by atoms with Crippen LogP contribution in [0.1, 0.15) is 5.56 Å². The molecule has 1 heterocycles.